The van der Waals surface area contributed by atoms with Crippen LogP contribution in [0.1, 0.15) is 26.3 Å². The molecular formula is C22H17N3O6. The van der Waals surface area contributed by atoms with Crippen molar-refractivity contribution in [2.45, 2.75) is 0 Å². The monoisotopic (exact) mass is 419 g/mol. The number of hydrogen-bond acceptors (Lipinski definition) is 7. The van der Waals surface area contributed by atoms with Crippen LogP contribution < -0.4 is 14.9 Å². The minimum Gasteiger partial charge on any atom is -0.497 e. The van der Waals surface area contributed by atoms with Gasteiger partial charge < -0.3 is 9.47 Å². The zero-order valence-corrected chi connectivity index (χ0v) is 16.3. The molecular weight excluding hydrogens is 402 g/mol. The van der Waals surface area contributed by atoms with Gasteiger partial charge in [0.2, 0.25) is 5.75 Å². The van der Waals surface area contributed by atoms with Crippen molar-refractivity contribution < 1.29 is 24.0 Å². The molecule has 3 rings (SSSR count). The second-order valence-corrected chi connectivity index (χ2v) is 6.14. The standard InChI is InChI=1S/C22H17N3O6/c1-30-18-12-10-16(11-13-18)22(27)31-20-17(8-5-9-19(20)25(28)29)14-23-24-21(26)15-6-3-2-4-7-15/h2-14H,1H3,(H,24,26)/b23-14+. The van der Waals surface area contributed by atoms with Crippen LogP contribution in [0.15, 0.2) is 77.9 Å². The zero-order valence-electron chi connectivity index (χ0n) is 16.3. The Labute approximate surface area is 177 Å². The van der Waals surface area contributed by atoms with Gasteiger partial charge in [0.1, 0.15) is 5.75 Å². The Bertz CT molecular complexity index is 1130. The summed E-state index contributed by atoms with van der Waals surface area (Å²) in [7, 11) is 1.49. The van der Waals surface area contributed by atoms with E-state index >= 15 is 0 Å². The molecule has 0 saturated heterocycles. The van der Waals surface area contributed by atoms with Crippen molar-refractivity contribution in [3.8, 4) is 11.5 Å². The number of esters is 1. The summed E-state index contributed by atoms with van der Waals surface area (Å²) in [5, 5.41) is 15.3. The second-order valence-electron chi connectivity index (χ2n) is 6.14. The third kappa shape index (κ3) is 5.30. The summed E-state index contributed by atoms with van der Waals surface area (Å²) in [5.74, 6) is -0.991. The molecule has 9 nitrogen and oxygen atoms in total. The molecule has 0 aromatic heterocycles. The van der Waals surface area contributed by atoms with Crippen molar-refractivity contribution in [1.82, 2.24) is 5.43 Å². The minimum absolute atomic E-state index is 0.143. The third-order valence-corrected chi connectivity index (χ3v) is 4.15. The number of carbonyl (C=O) groups excluding carboxylic acids is 2. The number of ether oxygens (including phenoxy) is 2. The summed E-state index contributed by atoms with van der Waals surface area (Å²) in [6.07, 6.45) is 1.17. The fourth-order valence-electron chi connectivity index (χ4n) is 2.59. The van der Waals surface area contributed by atoms with E-state index in [9.17, 15) is 19.7 Å². The van der Waals surface area contributed by atoms with Gasteiger partial charge in [0, 0.05) is 17.2 Å². The number of nitrogens with one attached hydrogen (secondary N) is 1. The molecule has 0 aliphatic rings. The molecule has 9 heteroatoms. The molecule has 31 heavy (non-hydrogen) atoms. The van der Waals surface area contributed by atoms with Gasteiger partial charge in [-0.2, -0.15) is 5.10 Å². The van der Waals surface area contributed by atoms with Crippen molar-refractivity contribution in [2.75, 3.05) is 7.11 Å². The maximum atomic E-state index is 12.5. The summed E-state index contributed by atoms with van der Waals surface area (Å²) in [6.45, 7) is 0. The topological polar surface area (TPSA) is 120 Å². The van der Waals surface area contributed by atoms with Gasteiger partial charge in [-0.3, -0.25) is 14.9 Å². The molecule has 3 aromatic carbocycles. The van der Waals surface area contributed by atoms with Gasteiger partial charge in [-0.25, -0.2) is 10.2 Å². The lowest BCUT2D eigenvalue weighted by molar-refractivity contribution is -0.385. The van der Waals surface area contributed by atoms with Gasteiger partial charge in [0.05, 0.1) is 23.8 Å². The van der Waals surface area contributed by atoms with E-state index in [2.05, 4.69) is 10.5 Å². The van der Waals surface area contributed by atoms with E-state index in [0.29, 0.717) is 11.3 Å². The molecule has 0 unspecified atom stereocenters. The fraction of sp³-hybridized carbons (Fsp3) is 0.0455. The van der Waals surface area contributed by atoms with Crippen LogP contribution in [0.25, 0.3) is 0 Å². The van der Waals surface area contributed by atoms with Crippen molar-refractivity contribution in [1.29, 1.82) is 0 Å². The summed E-state index contributed by atoms with van der Waals surface area (Å²) < 4.78 is 10.4. The number of amides is 1. The number of nitro groups is 1. The lowest BCUT2D eigenvalue weighted by Crippen LogP contribution is -2.17. The van der Waals surface area contributed by atoms with Gasteiger partial charge in [0.25, 0.3) is 5.91 Å². The molecule has 0 aliphatic heterocycles. The number of rotatable bonds is 7. The molecule has 0 radical (unpaired) electrons. The summed E-state index contributed by atoms with van der Waals surface area (Å²) in [6, 6.07) is 18.6. The van der Waals surface area contributed by atoms with Crippen LogP contribution in [0.4, 0.5) is 5.69 Å². The number of para-hydroxylation sites is 1. The van der Waals surface area contributed by atoms with Crippen LogP contribution in [0, 0.1) is 10.1 Å². The first-order valence-electron chi connectivity index (χ1n) is 9.01. The molecule has 3 aromatic rings. The SMILES string of the molecule is COc1ccc(C(=O)Oc2c(/C=N/NC(=O)c3ccccc3)cccc2[N+](=O)[O-])cc1. The molecule has 0 aliphatic carbocycles. The first-order chi connectivity index (χ1) is 15.0. The van der Waals surface area contributed by atoms with Crippen molar-refractivity contribution in [3.05, 3.63) is 99.6 Å². The first kappa shape index (κ1) is 21.2. The number of nitro benzene ring substituents is 1. The number of nitrogens with zero attached hydrogens (tertiary/aromatic N) is 2. The minimum atomic E-state index is -0.792. The Hall–Kier alpha value is -4.53. The number of methoxy groups -OCH3 is 1. The van der Waals surface area contributed by atoms with E-state index in [0.717, 1.165) is 0 Å². The van der Waals surface area contributed by atoms with Crippen molar-refractivity contribution in [3.63, 3.8) is 0 Å². The molecule has 1 amide bonds. The second kappa shape index (κ2) is 9.79. The maximum Gasteiger partial charge on any atom is 0.343 e. The van der Waals surface area contributed by atoms with Crippen LogP contribution in [-0.4, -0.2) is 30.1 Å². The normalized spacial score (nSPS) is 10.5. The first-order valence-corrected chi connectivity index (χ1v) is 9.01. The highest BCUT2D eigenvalue weighted by molar-refractivity contribution is 5.96. The zero-order chi connectivity index (χ0) is 22.2. The van der Waals surface area contributed by atoms with Crippen LogP contribution in [0.5, 0.6) is 11.5 Å². The maximum absolute atomic E-state index is 12.5. The van der Waals surface area contributed by atoms with Gasteiger partial charge in [-0.1, -0.05) is 24.3 Å². The highest BCUT2D eigenvalue weighted by Crippen LogP contribution is 2.31. The molecule has 0 heterocycles. The lowest BCUT2D eigenvalue weighted by Gasteiger charge is -2.08. The summed E-state index contributed by atoms with van der Waals surface area (Å²) in [4.78, 5) is 35.3. The molecule has 0 atom stereocenters. The fourth-order valence-corrected chi connectivity index (χ4v) is 2.59. The largest absolute Gasteiger partial charge is 0.497 e. The van der Waals surface area contributed by atoms with E-state index in [4.69, 9.17) is 9.47 Å². The van der Waals surface area contributed by atoms with Crippen LogP contribution in [0.2, 0.25) is 0 Å². The Morgan fingerprint density at radius 2 is 1.68 bits per heavy atom. The molecule has 0 saturated carbocycles. The van der Waals surface area contributed by atoms with E-state index in [-0.39, 0.29) is 16.9 Å². The highest BCUT2D eigenvalue weighted by atomic mass is 16.6. The van der Waals surface area contributed by atoms with E-state index < -0.39 is 22.5 Å². The summed E-state index contributed by atoms with van der Waals surface area (Å²) >= 11 is 0. The molecule has 0 fully saturated rings. The Morgan fingerprint density at radius 1 is 0.968 bits per heavy atom. The van der Waals surface area contributed by atoms with Gasteiger partial charge in [-0.05, 0) is 42.5 Å². The number of benzene rings is 3. The number of hydrogen-bond donors (Lipinski definition) is 1. The average Bonchev–Trinajstić information content (AvgIpc) is 2.80. The Morgan fingerprint density at radius 3 is 2.32 bits per heavy atom. The third-order valence-electron chi connectivity index (χ3n) is 4.15. The molecule has 0 spiro atoms. The lowest BCUT2D eigenvalue weighted by atomic mass is 10.1. The van der Waals surface area contributed by atoms with Gasteiger partial charge in [-0.15, -0.1) is 0 Å². The quantitative estimate of drug-likeness (QED) is 0.205. The van der Waals surface area contributed by atoms with Crippen LogP contribution in [0.3, 0.4) is 0 Å². The molecule has 0 bridgehead atoms. The number of hydrazone groups is 1. The van der Waals surface area contributed by atoms with Gasteiger partial charge >= 0.3 is 11.7 Å². The van der Waals surface area contributed by atoms with E-state index in [1.54, 1.807) is 42.5 Å². The van der Waals surface area contributed by atoms with Crippen molar-refractivity contribution in [2.24, 2.45) is 5.10 Å². The van der Waals surface area contributed by atoms with E-state index in [1.807, 2.05) is 0 Å². The van der Waals surface area contributed by atoms with Crippen LogP contribution >= 0.6 is 0 Å². The Kier molecular flexibility index (Phi) is 6.69. The predicted molar refractivity (Wildman–Crippen MR) is 113 cm³/mol. The van der Waals surface area contributed by atoms with Gasteiger partial charge in [0.15, 0.2) is 0 Å². The molecule has 156 valence electrons. The Balaban J connectivity index is 1.83. The average molecular weight is 419 g/mol. The van der Waals surface area contributed by atoms with Crippen molar-refractivity contribution >= 4 is 23.8 Å². The highest BCUT2D eigenvalue weighted by Gasteiger charge is 2.22. The van der Waals surface area contributed by atoms with E-state index in [1.165, 1.54) is 43.7 Å². The predicted octanol–water partition coefficient (Wildman–Crippen LogP) is 3.59. The molecule has 1 N–H and O–H groups in total. The smallest absolute Gasteiger partial charge is 0.343 e. The van der Waals surface area contributed by atoms with Crippen LogP contribution in [-0.2, 0) is 0 Å². The number of carbonyl (C=O) groups is 2. The summed E-state index contributed by atoms with van der Waals surface area (Å²) in [5.41, 5.74) is 2.63.